The zero-order valence-electron chi connectivity index (χ0n) is 26.6. The fourth-order valence-corrected chi connectivity index (χ4v) is 10.7. The van der Waals surface area contributed by atoms with E-state index in [1.807, 2.05) is 0 Å². The fraction of sp³-hybridized carbons (Fsp3) is 0.939. The Kier molecular flexibility index (Phi) is 9.69. The van der Waals surface area contributed by atoms with Crippen LogP contribution in [0.5, 0.6) is 0 Å². The molecular formula is C33H58O8. The van der Waals surface area contributed by atoms with Gasteiger partial charge in [-0.1, -0.05) is 41.5 Å². The van der Waals surface area contributed by atoms with Crippen LogP contribution in [0.2, 0.25) is 0 Å². The first-order chi connectivity index (χ1) is 19.0. The van der Waals surface area contributed by atoms with E-state index in [0.29, 0.717) is 49.9 Å². The molecule has 3 fully saturated rings. The lowest BCUT2D eigenvalue weighted by Crippen LogP contribution is -2.69. The zero-order valence-corrected chi connectivity index (χ0v) is 26.6. The lowest BCUT2D eigenvalue weighted by atomic mass is 9.35. The van der Waals surface area contributed by atoms with Crippen LogP contribution in [0.15, 0.2) is 11.3 Å². The summed E-state index contributed by atoms with van der Waals surface area (Å²) in [6.45, 7) is 15.4. The Bertz CT molecular complexity index is 952. The number of methoxy groups -OCH3 is 1. The van der Waals surface area contributed by atoms with Crippen LogP contribution in [0.4, 0.5) is 0 Å². The van der Waals surface area contributed by atoms with Crippen LogP contribution < -0.4 is 0 Å². The maximum absolute atomic E-state index is 12.3. The van der Waals surface area contributed by atoms with Gasteiger partial charge in [0.2, 0.25) is 0 Å². The highest BCUT2D eigenvalue weighted by molar-refractivity contribution is 5.31. The number of aliphatic hydroxyl groups excluding tert-OH is 6. The van der Waals surface area contributed by atoms with Crippen molar-refractivity contribution >= 4 is 0 Å². The Labute approximate surface area is 247 Å². The third kappa shape index (κ3) is 5.42. The van der Waals surface area contributed by atoms with E-state index in [-0.39, 0.29) is 40.8 Å². The Morgan fingerprint density at radius 3 is 2.24 bits per heavy atom. The first-order valence-electron chi connectivity index (χ1n) is 16.0. The van der Waals surface area contributed by atoms with Crippen LogP contribution in [0, 0.1) is 57.7 Å². The third-order valence-electron chi connectivity index (χ3n) is 12.8. The normalized spacial score (nSPS) is 47.9. The van der Waals surface area contributed by atoms with E-state index < -0.39 is 41.5 Å². The molecule has 6 N–H and O–H groups in total. The molecule has 0 saturated heterocycles. The average molecular weight is 583 g/mol. The number of allylic oxidation sites excluding steroid dienone is 1. The Morgan fingerprint density at radius 2 is 1.66 bits per heavy atom. The van der Waals surface area contributed by atoms with Crippen molar-refractivity contribution in [2.24, 2.45) is 57.7 Å². The van der Waals surface area contributed by atoms with Gasteiger partial charge >= 0.3 is 0 Å². The third-order valence-corrected chi connectivity index (χ3v) is 12.8. The second-order valence-electron chi connectivity index (χ2n) is 15.4. The number of aliphatic hydroxyl groups is 6. The summed E-state index contributed by atoms with van der Waals surface area (Å²) in [6, 6.07) is 0. The molecule has 0 radical (unpaired) electrons. The summed E-state index contributed by atoms with van der Waals surface area (Å²) in [5.41, 5.74) is -1.04. The number of ether oxygens (including phenoxy) is 2. The molecule has 8 nitrogen and oxygen atoms in total. The van der Waals surface area contributed by atoms with Crippen molar-refractivity contribution < 1.29 is 40.1 Å². The molecule has 0 spiro atoms. The number of hydrogen-bond acceptors (Lipinski definition) is 8. The smallest absolute Gasteiger partial charge is 0.154 e. The van der Waals surface area contributed by atoms with Crippen molar-refractivity contribution in [2.75, 3.05) is 20.3 Å². The quantitative estimate of drug-likeness (QED) is 0.177. The van der Waals surface area contributed by atoms with Crippen LogP contribution in [0.1, 0.15) is 87.0 Å². The van der Waals surface area contributed by atoms with Gasteiger partial charge in [-0.3, -0.25) is 0 Å². The van der Waals surface area contributed by atoms with Gasteiger partial charge in [-0.05, 0) is 85.4 Å². The molecule has 0 aromatic carbocycles. The SMILES string of the molecule is COCCOC(O)CCC1CC(C(C)C)C2C[C@@]3(C)C[C@@]4(C)CC(O)=C(C(C)O)C(O)[C@@]4(C)C(C)C3C(O)C2C1O. The Morgan fingerprint density at radius 1 is 1.00 bits per heavy atom. The number of rotatable bonds is 9. The molecule has 3 saturated carbocycles. The lowest BCUT2D eigenvalue weighted by molar-refractivity contribution is -0.259. The van der Waals surface area contributed by atoms with Crippen molar-refractivity contribution in [3.05, 3.63) is 11.3 Å². The average Bonchev–Trinajstić information content (AvgIpc) is 2.85. The fourth-order valence-electron chi connectivity index (χ4n) is 10.7. The van der Waals surface area contributed by atoms with Crippen molar-refractivity contribution in [1.82, 2.24) is 0 Å². The van der Waals surface area contributed by atoms with Gasteiger partial charge in [0.15, 0.2) is 6.29 Å². The predicted octanol–water partition coefficient (Wildman–Crippen LogP) is 4.03. The summed E-state index contributed by atoms with van der Waals surface area (Å²) >= 11 is 0. The molecular weight excluding hydrogens is 524 g/mol. The Hall–Kier alpha value is -0.740. The zero-order chi connectivity index (χ0) is 30.7. The van der Waals surface area contributed by atoms with Crippen LogP contribution >= 0.6 is 0 Å². The minimum Gasteiger partial charge on any atom is -0.512 e. The van der Waals surface area contributed by atoms with Gasteiger partial charge < -0.3 is 40.1 Å². The van der Waals surface area contributed by atoms with Crippen molar-refractivity contribution in [1.29, 1.82) is 0 Å². The summed E-state index contributed by atoms with van der Waals surface area (Å²) < 4.78 is 10.5. The molecule has 0 heterocycles. The van der Waals surface area contributed by atoms with Gasteiger partial charge in [-0.25, -0.2) is 0 Å². The highest BCUT2D eigenvalue weighted by atomic mass is 16.6. The van der Waals surface area contributed by atoms with Gasteiger partial charge in [-0.15, -0.1) is 0 Å². The summed E-state index contributed by atoms with van der Waals surface area (Å²) in [5.74, 6) is 0.345. The molecule has 4 rings (SSSR count). The molecule has 8 heteroatoms. The standard InChI is InChI=1S/C33H58O8/c1-17(2)21-13-20(9-10-24(36)41-12-11-40-8)28(37)26-22(21)14-31(5)16-32(6)15-23(35)25(19(4)34)30(39)33(32,7)18(3)27(31)29(26)38/h17-22,24,26-30,34-39H,9-16H2,1-8H3/t18?,19?,20?,21?,22?,24?,26?,27?,28?,29?,30?,31-,32+,33+/m0/s1. The molecule has 4 aliphatic rings. The molecule has 0 aromatic rings. The topological polar surface area (TPSA) is 140 Å². The highest BCUT2D eigenvalue weighted by Gasteiger charge is 2.70. The molecule has 0 aliphatic heterocycles. The number of hydrogen-bond donors (Lipinski definition) is 6. The van der Waals surface area contributed by atoms with Crippen LogP contribution in [0.25, 0.3) is 0 Å². The molecule has 11 unspecified atom stereocenters. The molecule has 41 heavy (non-hydrogen) atoms. The van der Waals surface area contributed by atoms with E-state index in [0.717, 1.165) is 19.3 Å². The molecule has 238 valence electrons. The summed E-state index contributed by atoms with van der Waals surface area (Å²) in [6.07, 6.45) is -0.446. The van der Waals surface area contributed by atoms with Crippen molar-refractivity contribution in [3.63, 3.8) is 0 Å². The van der Waals surface area contributed by atoms with E-state index in [4.69, 9.17) is 9.47 Å². The Balaban J connectivity index is 1.65. The maximum atomic E-state index is 12.3. The first-order valence-corrected chi connectivity index (χ1v) is 16.0. The van der Waals surface area contributed by atoms with Gasteiger partial charge in [0.05, 0.1) is 43.4 Å². The van der Waals surface area contributed by atoms with Gasteiger partial charge in [0, 0.05) is 30.4 Å². The van der Waals surface area contributed by atoms with Gasteiger partial charge in [0.1, 0.15) is 0 Å². The van der Waals surface area contributed by atoms with Crippen molar-refractivity contribution in [2.45, 2.75) is 118 Å². The highest BCUT2D eigenvalue weighted by Crippen LogP contribution is 2.72. The van der Waals surface area contributed by atoms with Crippen molar-refractivity contribution in [3.8, 4) is 0 Å². The minimum atomic E-state index is -1.03. The minimum absolute atomic E-state index is 0.0509. The lowest BCUT2D eigenvalue weighted by Gasteiger charge is -2.70. The largest absolute Gasteiger partial charge is 0.512 e. The monoisotopic (exact) mass is 582 g/mol. The van der Waals surface area contributed by atoms with E-state index in [9.17, 15) is 30.6 Å². The van der Waals surface area contributed by atoms with Crippen LogP contribution in [-0.4, -0.2) is 81.7 Å². The van der Waals surface area contributed by atoms with Gasteiger partial charge in [-0.2, -0.15) is 0 Å². The summed E-state index contributed by atoms with van der Waals surface area (Å²) in [4.78, 5) is 0. The predicted molar refractivity (Wildman–Crippen MR) is 157 cm³/mol. The molecule has 14 atom stereocenters. The van der Waals surface area contributed by atoms with Gasteiger partial charge in [0.25, 0.3) is 0 Å². The van der Waals surface area contributed by atoms with Crippen LogP contribution in [0.3, 0.4) is 0 Å². The second-order valence-corrected chi connectivity index (χ2v) is 15.4. The van der Waals surface area contributed by atoms with E-state index in [1.165, 1.54) is 0 Å². The molecule has 0 aromatic heterocycles. The van der Waals surface area contributed by atoms with E-state index in [2.05, 4.69) is 41.5 Å². The molecule has 0 amide bonds. The summed E-state index contributed by atoms with van der Waals surface area (Å²) in [5, 5.41) is 67.8. The van der Waals surface area contributed by atoms with Crippen LogP contribution in [-0.2, 0) is 9.47 Å². The molecule has 4 aliphatic carbocycles. The maximum Gasteiger partial charge on any atom is 0.154 e. The number of fused-ring (bicyclic) bond motifs is 3. The summed E-state index contributed by atoms with van der Waals surface area (Å²) in [7, 11) is 1.59. The molecule has 0 bridgehead atoms. The second kappa shape index (κ2) is 12.0. The van der Waals surface area contributed by atoms with E-state index in [1.54, 1.807) is 14.0 Å². The first kappa shape index (κ1) is 33.2. The van der Waals surface area contributed by atoms with E-state index >= 15 is 0 Å².